The van der Waals surface area contributed by atoms with Crippen molar-refractivity contribution < 1.29 is 40.8 Å². The van der Waals surface area contributed by atoms with E-state index >= 15 is 0 Å². The van der Waals surface area contributed by atoms with Gasteiger partial charge in [0.2, 0.25) is 10.4 Å². The van der Waals surface area contributed by atoms with Gasteiger partial charge in [0.25, 0.3) is 0 Å². The number of rotatable bonds is 16. The van der Waals surface area contributed by atoms with Crippen molar-refractivity contribution in [2.24, 2.45) is 0 Å². The van der Waals surface area contributed by atoms with Crippen molar-refractivity contribution in [2.45, 2.75) is 97.2 Å². The SMILES string of the molecule is CCCCCCCCCCCCOC(CCC)OS(=O)(=O)[O-].[Li+]. The Bertz CT molecular complexity index is 335. The average molecular weight is 344 g/mol. The van der Waals surface area contributed by atoms with Gasteiger partial charge in [-0.15, -0.1) is 0 Å². The molecule has 0 amide bonds. The summed E-state index contributed by atoms with van der Waals surface area (Å²) in [5.74, 6) is 0. The predicted molar refractivity (Wildman–Crippen MR) is 87.3 cm³/mol. The number of unbranched alkanes of at least 4 members (excludes halogenated alkanes) is 9. The normalized spacial score (nSPS) is 12.8. The molecule has 0 aliphatic carbocycles. The summed E-state index contributed by atoms with van der Waals surface area (Å²) in [7, 11) is -4.69. The molecule has 23 heavy (non-hydrogen) atoms. The summed E-state index contributed by atoms with van der Waals surface area (Å²) in [5, 5.41) is 0. The first kappa shape index (κ1) is 25.7. The van der Waals surface area contributed by atoms with Crippen LogP contribution in [0.1, 0.15) is 90.9 Å². The number of hydrogen-bond donors (Lipinski definition) is 0. The molecule has 1 unspecified atom stereocenters. The van der Waals surface area contributed by atoms with E-state index in [2.05, 4.69) is 11.1 Å². The van der Waals surface area contributed by atoms with Crippen LogP contribution in [0.15, 0.2) is 0 Å². The van der Waals surface area contributed by atoms with E-state index in [0.717, 1.165) is 12.8 Å². The summed E-state index contributed by atoms with van der Waals surface area (Å²) in [5.41, 5.74) is 0. The Labute approximate surface area is 155 Å². The van der Waals surface area contributed by atoms with Crippen LogP contribution in [0.3, 0.4) is 0 Å². The first-order valence-electron chi connectivity index (χ1n) is 8.75. The Kier molecular flexibility index (Phi) is 19.3. The summed E-state index contributed by atoms with van der Waals surface area (Å²) in [6, 6.07) is 0. The Balaban J connectivity index is 0. The maximum absolute atomic E-state index is 10.6. The van der Waals surface area contributed by atoms with E-state index in [1.54, 1.807) is 0 Å². The smallest absolute Gasteiger partial charge is 0.725 e. The van der Waals surface area contributed by atoms with Crippen LogP contribution in [0.2, 0.25) is 0 Å². The monoisotopic (exact) mass is 344 g/mol. The fraction of sp³-hybridized carbons (Fsp3) is 1.00. The Morgan fingerprint density at radius 3 is 1.74 bits per heavy atom. The third kappa shape index (κ3) is 20.4. The molecule has 1 atom stereocenters. The van der Waals surface area contributed by atoms with Gasteiger partial charge in [-0.1, -0.05) is 78.1 Å². The first-order valence-corrected chi connectivity index (χ1v) is 10.1. The number of hydrogen-bond acceptors (Lipinski definition) is 5. The van der Waals surface area contributed by atoms with Crippen LogP contribution >= 0.6 is 0 Å². The van der Waals surface area contributed by atoms with Gasteiger partial charge < -0.3 is 9.29 Å². The zero-order chi connectivity index (χ0) is 16.7. The maximum Gasteiger partial charge on any atom is 1.00 e. The summed E-state index contributed by atoms with van der Waals surface area (Å²) >= 11 is 0. The van der Waals surface area contributed by atoms with E-state index < -0.39 is 16.7 Å². The molecule has 0 fully saturated rings. The van der Waals surface area contributed by atoms with Crippen LogP contribution in [-0.2, 0) is 19.3 Å². The van der Waals surface area contributed by atoms with Gasteiger partial charge in [0.15, 0.2) is 6.29 Å². The molecule has 0 rings (SSSR count). The fourth-order valence-corrected chi connectivity index (χ4v) is 2.75. The quantitative estimate of drug-likeness (QED) is 0.140. The average Bonchev–Trinajstić information content (AvgIpc) is 2.43. The Morgan fingerprint density at radius 2 is 1.30 bits per heavy atom. The summed E-state index contributed by atoms with van der Waals surface area (Å²) < 4.78 is 41.4. The standard InChI is InChI=1S/C16H34O5S.Li/c1-3-5-6-7-8-9-10-11-12-13-15-20-16(14-4-2)21-22(17,18)19;/h16H,3-15H2,1-2H3,(H,17,18,19);/q;+1/p-1. The molecule has 0 spiro atoms. The minimum atomic E-state index is -4.69. The molecule has 7 heteroatoms. The molecule has 0 aliphatic rings. The summed E-state index contributed by atoms with van der Waals surface area (Å²) in [6.07, 6.45) is 12.5. The molecule has 0 N–H and O–H groups in total. The van der Waals surface area contributed by atoms with Gasteiger partial charge in [0.1, 0.15) is 0 Å². The second-order valence-electron chi connectivity index (χ2n) is 5.78. The second-order valence-corrected chi connectivity index (χ2v) is 6.78. The molecule has 134 valence electrons. The van der Waals surface area contributed by atoms with Gasteiger partial charge >= 0.3 is 18.9 Å². The van der Waals surface area contributed by atoms with Gasteiger partial charge in [-0.25, -0.2) is 12.6 Å². The van der Waals surface area contributed by atoms with Gasteiger partial charge in [-0.2, -0.15) is 0 Å². The van der Waals surface area contributed by atoms with Gasteiger partial charge in [-0.05, 0) is 12.8 Å². The van der Waals surface area contributed by atoms with E-state index in [0.29, 0.717) is 19.4 Å². The largest absolute Gasteiger partial charge is 1.00 e. The molecule has 0 aliphatic heterocycles. The minimum Gasteiger partial charge on any atom is -0.725 e. The van der Waals surface area contributed by atoms with Crippen LogP contribution in [0.25, 0.3) is 0 Å². The van der Waals surface area contributed by atoms with Crippen molar-refractivity contribution in [1.29, 1.82) is 0 Å². The third-order valence-electron chi connectivity index (χ3n) is 3.55. The molecule has 0 saturated carbocycles. The van der Waals surface area contributed by atoms with Crippen molar-refractivity contribution >= 4 is 10.4 Å². The van der Waals surface area contributed by atoms with Gasteiger partial charge in [0.05, 0.1) is 0 Å². The molecule has 0 heterocycles. The van der Waals surface area contributed by atoms with Crippen molar-refractivity contribution in [2.75, 3.05) is 6.61 Å². The van der Waals surface area contributed by atoms with Crippen LogP contribution in [-0.4, -0.2) is 25.9 Å². The van der Waals surface area contributed by atoms with Gasteiger partial charge in [-0.3, -0.25) is 0 Å². The Morgan fingerprint density at radius 1 is 0.826 bits per heavy atom. The second kappa shape index (κ2) is 17.3. The molecule has 0 aromatic rings. The zero-order valence-electron chi connectivity index (χ0n) is 15.2. The molecule has 0 radical (unpaired) electrons. The maximum atomic E-state index is 10.6. The predicted octanol–water partition coefficient (Wildman–Crippen LogP) is 1.53. The molecule has 0 saturated heterocycles. The molecule has 0 aromatic carbocycles. The molecule has 5 nitrogen and oxygen atoms in total. The topological polar surface area (TPSA) is 75.7 Å². The number of ether oxygens (including phenoxy) is 1. The Hall–Kier alpha value is 0.427. The summed E-state index contributed by atoms with van der Waals surface area (Å²) in [4.78, 5) is 0. The minimum absolute atomic E-state index is 0. The fourth-order valence-electron chi connectivity index (χ4n) is 2.33. The van der Waals surface area contributed by atoms with Crippen molar-refractivity contribution in [3.63, 3.8) is 0 Å². The molecule has 0 aromatic heterocycles. The molecular formula is C16H33LiO5S. The van der Waals surface area contributed by atoms with Crippen LogP contribution in [0, 0.1) is 0 Å². The van der Waals surface area contributed by atoms with Crippen LogP contribution in [0.4, 0.5) is 0 Å². The molecular weight excluding hydrogens is 311 g/mol. The summed E-state index contributed by atoms with van der Waals surface area (Å²) in [6.45, 7) is 4.55. The molecule has 0 bridgehead atoms. The van der Waals surface area contributed by atoms with E-state index in [4.69, 9.17) is 4.74 Å². The van der Waals surface area contributed by atoms with Crippen LogP contribution < -0.4 is 18.9 Å². The van der Waals surface area contributed by atoms with Crippen molar-refractivity contribution in [3.05, 3.63) is 0 Å². The van der Waals surface area contributed by atoms with Crippen molar-refractivity contribution in [1.82, 2.24) is 0 Å². The van der Waals surface area contributed by atoms with Crippen LogP contribution in [0.5, 0.6) is 0 Å². The van der Waals surface area contributed by atoms with E-state index in [9.17, 15) is 13.0 Å². The van der Waals surface area contributed by atoms with Crippen molar-refractivity contribution in [3.8, 4) is 0 Å². The van der Waals surface area contributed by atoms with E-state index in [1.165, 1.54) is 51.4 Å². The first-order chi connectivity index (χ1) is 10.5. The van der Waals surface area contributed by atoms with E-state index in [1.807, 2.05) is 6.92 Å². The third-order valence-corrected chi connectivity index (χ3v) is 4.00. The zero-order valence-corrected chi connectivity index (χ0v) is 16.0. The van der Waals surface area contributed by atoms with E-state index in [-0.39, 0.29) is 18.9 Å². The van der Waals surface area contributed by atoms with Gasteiger partial charge in [0, 0.05) is 6.61 Å².